The van der Waals surface area contributed by atoms with Crippen LogP contribution in [-0.4, -0.2) is 33.9 Å². The van der Waals surface area contributed by atoms with Crippen LogP contribution in [0.5, 0.6) is 0 Å². The van der Waals surface area contributed by atoms with E-state index in [9.17, 15) is 4.79 Å². The second kappa shape index (κ2) is 6.85. The summed E-state index contributed by atoms with van der Waals surface area (Å²) >= 11 is 0. The highest BCUT2D eigenvalue weighted by atomic mass is 16.5. The molecule has 0 N–H and O–H groups in total. The van der Waals surface area contributed by atoms with Crippen molar-refractivity contribution in [3.05, 3.63) is 46.6 Å². The normalized spacial score (nSPS) is 17.8. The quantitative estimate of drug-likeness (QED) is 0.802. The van der Waals surface area contributed by atoms with Gasteiger partial charge in [0.15, 0.2) is 11.6 Å². The Morgan fingerprint density at radius 2 is 1.96 bits per heavy atom. The van der Waals surface area contributed by atoms with E-state index in [-0.39, 0.29) is 17.7 Å². The molecule has 1 aromatic carbocycles. The van der Waals surface area contributed by atoms with Gasteiger partial charge in [0.25, 0.3) is 0 Å². The molecular formula is C19H25N3O2. The van der Waals surface area contributed by atoms with Crippen LogP contribution in [0.15, 0.2) is 22.7 Å². The number of likely N-dealkylation sites (tertiary alicyclic amines) is 1. The molecule has 24 heavy (non-hydrogen) atoms. The Bertz CT molecular complexity index is 730. The van der Waals surface area contributed by atoms with Crippen LogP contribution in [-0.2, 0) is 0 Å². The summed E-state index contributed by atoms with van der Waals surface area (Å²) in [4.78, 5) is 19.5. The number of nitrogens with zero attached hydrogens (tertiary/aromatic N) is 3. The number of hydrogen-bond acceptors (Lipinski definition) is 5. The summed E-state index contributed by atoms with van der Waals surface area (Å²) in [6, 6.07) is 6.18. The maximum absolute atomic E-state index is 12.8. The molecule has 2 heterocycles. The third kappa shape index (κ3) is 3.41. The van der Waals surface area contributed by atoms with Gasteiger partial charge in [-0.05, 0) is 59.2 Å². The van der Waals surface area contributed by atoms with Gasteiger partial charge in [-0.1, -0.05) is 28.9 Å². The first-order chi connectivity index (χ1) is 11.5. The van der Waals surface area contributed by atoms with Crippen molar-refractivity contribution in [2.24, 2.45) is 5.92 Å². The summed E-state index contributed by atoms with van der Waals surface area (Å²) in [5.41, 5.74) is 3.15. The third-order valence-electron chi connectivity index (χ3n) is 5.00. The molecule has 0 radical (unpaired) electrons. The highest BCUT2D eigenvalue weighted by Crippen LogP contribution is 2.28. The Morgan fingerprint density at radius 1 is 1.25 bits per heavy atom. The molecule has 128 valence electrons. The van der Waals surface area contributed by atoms with Crippen LogP contribution < -0.4 is 0 Å². The lowest BCUT2D eigenvalue weighted by atomic mass is 9.86. The predicted octanol–water partition coefficient (Wildman–Crippen LogP) is 3.65. The molecule has 1 aliphatic rings. The van der Waals surface area contributed by atoms with Crippen LogP contribution in [0.2, 0.25) is 0 Å². The zero-order valence-corrected chi connectivity index (χ0v) is 14.9. The standard InChI is InChI=1S/C19H25N3O2/c1-12-5-6-17(13(2)11-12)18(23)16-7-9-22(10-8-16)14(3)19-20-15(4)21-24-19/h5-6,11,14,16H,7-10H2,1-4H3/t14-/m0/s1. The topological polar surface area (TPSA) is 59.2 Å². The van der Waals surface area contributed by atoms with Gasteiger partial charge in [0.05, 0.1) is 6.04 Å². The highest BCUT2D eigenvalue weighted by molar-refractivity contribution is 5.99. The number of benzene rings is 1. The predicted molar refractivity (Wildman–Crippen MR) is 92.0 cm³/mol. The second-order valence-electron chi connectivity index (χ2n) is 6.85. The van der Waals surface area contributed by atoms with Crippen molar-refractivity contribution in [3.8, 4) is 0 Å². The van der Waals surface area contributed by atoms with Gasteiger partial charge >= 0.3 is 0 Å². The van der Waals surface area contributed by atoms with Crippen molar-refractivity contribution in [1.82, 2.24) is 15.0 Å². The number of carbonyl (C=O) groups is 1. The first-order valence-corrected chi connectivity index (χ1v) is 8.61. The lowest BCUT2D eigenvalue weighted by Gasteiger charge is -2.34. The number of carbonyl (C=O) groups excluding carboxylic acids is 1. The van der Waals surface area contributed by atoms with Crippen molar-refractivity contribution in [2.45, 2.75) is 46.6 Å². The van der Waals surface area contributed by atoms with Crippen molar-refractivity contribution < 1.29 is 9.32 Å². The van der Waals surface area contributed by atoms with Crippen molar-refractivity contribution in [2.75, 3.05) is 13.1 Å². The smallest absolute Gasteiger partial charge is 0.243 e. The van der Waals surface area contributed by atoms with Gasteiger partial charge in [-0.15, -0.1) is 0 Å². The first kappa shape index (κ1) is 16.8. The maximum Gasteiger partial charge on any atom is 0.243 e. The van der Waals surface area contributed by atoms with Crippen LogP contribution in [0.3, 0.4) is 0 Å². The lowest BCUT2D eigenvalue weighted by Crippen LogP contribution is -2.38. The minimum absolute atomic E-state index is 0.100. The van der Waals surface area contributed by atoms with Gasteiger partial charge in [-0.3, -0.25) is 9.69 Å². The van der Waals surface area contributed by atoms with Crippen molar-refractivity contribution in [1.29, 1.82) is 0 Å². The largest absolute Gasteiger partial charge is 0.338 e. The molecule has 1 saturated heterocycles. The Hall–Kier alpha value is -2.01. The number of rotatable bonds is 4. The van der Waals surface area contributed by atoms with Gasteiger partial charge < -0.3 is 4.52 Å². The number of ketones is 1. The first-order valence-electron chi connectivity index (χ1n) is 8.61. The van der Waals surface area contributed by atoms with E-state index in [0.717, 1.165) is 37.1 Å². The van der Waals surface area contributed by atoms with E-state index in [1.165, 1.54) is 5.56 Å². The van der Waals surface area contributed by atoms with Gasteiger partial charge in [0.1, 0.15) is 0 Å². The molecule has 1 aromatic heterocycles. The van der Waals surface area contributed by atoms with Crippen molar-refractivity contribution >= 4 is 5.78 Å². The zero-order chi connectivity index (χ0) is 17.3. The van der Waals surface area contributed by atoms with E-state index in [0.29, 0.717) is 11.7 Å². The van der Waals surface area contributed by atoms with Crippen LogP contribution in [0.25, 0.3) is 0 Å². The number of Topliss-reactive ketones (excluding diaryl/α,β-unsaturated/α-hetero) is 1. The molecule has 5 nitrogen and oxygen atoms in total. The molecule has 2 aromatic rings. The summed E-state index contributed by atoms with van der Waals surface area (Å²) in [5, 5.41) is 3.87. The van der Waals surface area contributed by atoms with Crippen LogP contribution >= 0.6 is 0 Å². The monoisotopic (exact) mass is 327 g/mol. The molecule has 1 atom stereocenters. The van der Waals surface area contributed by atoms with E-state index >= 15 is 0 Å². The number of hydrogen-bond donors (Lipinski definition) is 0. The fourth-order valence-electron chi connectivity index (χ4n) is 3.50. The van der Waals surface area contributed by atoms with E-state index in [1.54, 1.807) is 0 Å². The molecular weight excluding hydrogens is 302 g/mol. The maximum atomic E-state index is 12.8. The van der Waals surface area contributed by atoms with Gasteiger partial charge in [0, 0.05) is 11.5 Å². The summed E-state index contributed by atoms with van der Waals surface area (Å²) in [7, 11) is 0. The molecule has 1 fully saturated rings. The Kier molecular flexibility index (Phi) is 4.81. The average molecular weight is 327 g/mol. The van der Waals surface area contributed by atoms with Gasteiger partial charge in [-0.2, -0.15) is 4.98 Å². The van der Waals surface area contributed by atoms with E-state index in [1.807, 2.05) is 26.0 Å². The molecule has 0 bridgehead atoms. The Morgan fingerprint density at radius 3 is 2.54 bits per heavy atom. The molecule has 3 rings (SSSR count). The molecule has 0 saturated carbocycles. The Balaban J connectivity index is 1.63. The zero-order valence-electron chi connectivity index (χ0n) is 14.9. The molecule has 0 amide bonds. The van der Waals surface area contributed by atoms with Crippen LogP contribution in [0.1, 0.15) is 59.0 Å². The average Bonchev–Trinajstić information content (AvgIpc) is 3.00. The summed E-state index contributed by atoms with van der Waals surface area (Å²) in [6.45, 7) is 9.75. The van der Waals surface area contributed by atoms with E-state index < -0.39 is 0 Å². The van der Waals surface area contributed by atoms with Gasteiger partial charge in [-0.25, -0.2) is 0 Å². The molecule has 0 spiro atoms. The summed E-state index contributed by atoms with van der Waals surface area (Å²) < 4.78 is 5.28. The fraction of sp³-hybridized carbons (Fsp3) is 0.526. The van der Waals surface area contributed by atoms with Crippen molar-refractivity contribution in [3.63, 3.8) is 0 Å². The van der Waals surface area contributed by atoms with Crippen LogP contribution in [0.4, 0.5) is 0 Å². The van der Waals surface area contributed by atoms with Gasteiger partial charge in [0.2, 0.25) is 5.89 Å². The minimum Gasteiger partial charge on any atom is -0.338 e. The van der Waals surface area contributed by atoms with E-state index in [4.69, 9.17) is 4.52 Å². The van der Waals surface area contributed by atoms with E-state index in [2.05, 4.69) is 35.0 Å². The number of piperidine rings is 1. The van der Waals surface area contributed by atoms with Crippen LogP contribution in [0, 0.1) is 26.7 Å². The Labute approximate surface area is 143 Å². The number of aryl methyl sites for hydroxylation is 3. The molecule has 1 aliphatic heterocycles. The SMILES string of the molecule is Cc1ccc(C(=O)C2CCN([C@@H](C)c3nc(C)no3)CC2)c(C)c1. The highest BCUT2D eigenvalue weighted by Gasteiger charge is 2.30. The summed E-state index contributed by atoms with van der Waals surface area (Å²) in [6.07, 6.45) is 1.76. The summed E-state index contributed by atoms with van der Waals surface area (Å²) in [5.74, 6) is 1.72. The number of aromatic nitrogens is 2. The minimum atomic E-state index is 0.100. The lowest BCUT2D eigenvalue weighted by molar-refractivity contribution is 0.0774. The molecule has 0 aliphatic carbocycles. The fourth-order valence-corrected chi connectivity index (χ4v) is 3.50. The molecule has 5 heteroatoms. The third-order valence-corrected chi connectivity index (χ3v) is 5.00. The molecule has 0 unspecified atom stereocenters. The second-order valence-corrected chi connectivity index (χ2v) is 6.85.